The molecule has 3 rings (SSSR count). The molecule has 24 heavy (non-hydrogen) atoms. The zero-order chi connectivity index (χ0) is 17.5. The molecule has 0 spiro atoms. The molecule has 1 aliphatic rings. The van der Waals surface area contributed by atoms with Gasteiger partial charge in [-0.3, -0.25) is 0 Å². The molecule has 0 heterocycles. The average molecular weight is 416 g/mol. The fraction of sp³-hybridized carbons (Fsp3) is 0.294. The van der Waals surface area contributed by atoms with Crippen molar-refractivity contribution in [3.8, 4) is 0 Å². The number of rotatable bonds is 5. The van der Waals surface area contributed by atoms with E-state index >= 15 is 0 Å². The van der Waals surface area contributed by atoms with E-state index in [0.717, 1.165) is 24.5 Å². The summed E-state index contributed by atoms with van der Waals surface area (Å²) >= 11 is 3.44. The van der Waals surface area contributed by atoms with E-state index in [2.05, 4.69) is 21.2 Å². The van der Waals surface area contributed by atoms with Crippen LogP contribution in [0.4, 0.5) is 20.2 Å². The standard InChI is InChI=1S/C17H16BrF2NO2S/c1-24(22,23)9-10-6-13(11-2-3-11)17(14(18)7-10)21-16-5-4-12(19)8-15(16)20/h4-8,11,21H,2-3,9H2,1H3. The van der Waals surface area contributed by atoms with Gasteiger partial charge >= 0.3 is 0 Å². The summed E-state index contributed by atoms with van der Waals surface area (Å²) in [6, 6.07) is 6.93. The molecule has 7 heteroatoms. The van der Waals surface area contributed by atoms with Crippen LogP contribution in [-0.4, -0.2) is 14.7 Å². The van der Waals surface area contributed by atoms with Gasteiger partial charge in [0.05, 0.1) is 17.1 Å². The Morgan fingerprint density at radius 2 is 1.92 bits per heavy atom. The highest BCUT2D eigenvalue weighted by Gasteiger charge is 2.28. The Morgan fingerprint density at radius 1 is 1.21 bits per heavy atom. The lowest BCUT2D eigenvalue weighted by molar-refractivity contribution is 0.586. The molecule has 0 saturated heterocycles. The predicted octanol–water partition coefficient (Wildman–Crippen LogP) is 4.89. The number of halogens is 3. The maximum absolute atomic E-state index is 13.9. The van der Waals surface area contributed by atoms with Crippen molar-refractivity contribution >= 4 is 37.1 Å². The van der Waals surface area contributed by atoms with Crippen molar-refractivity contribution in [3.63, 3.8) is 0 Å². The topological polar surface area (TPSA) is 46.2 Å². The third-order valence-corrected chi connectivity index (χ3v) is 5.30. The maximum Gasteiger partial charge on any atom is 0.151 e. The van der Waals surface area contributed by atoms with Crippen LogP contribution in [0.3, 0.4) is 0 Å². The normalized spacial score (nSPS) is 14.7. The SMILES string of the molecule is CS(=O)(=O)Cc1cc(Br)c(Nc2ccc(F)cc2F)c(C2CC2)c1. The highest BCUT2D eigenvalue weighted by molar-refractivity contribution is 9.10. The third kappa shape index (κ3) is 4.13. The van der Waals surface area contributed by atoms with E-state index in [4.69, 9.17) is 0 Å². The highest BCUT2D eigenvalue weighted by Crippen LogP contribution is 2.47. The largest absolute Gasteiger partial charge is 0.352 e. The van der Waals surface area contributed by atoms with Crippen molar-refractivity contribution in [2.75, 3.05) is 11.6 Å². The molecule has 1 saturated carbocycles. The zero-order valence-corrected chi connectivity index (χ0v) is 15.3. The highest BCUT2D eigenvalue weighted by atomic mass is 79.9. The van der Waals surface area contributed by atoms with Crippen LogP contribution in [0.1, 0.15) is 29.9 Å². The van der Waals surface area contributed by atoms with Crippen LogP contribution in [0.5, 0.6) is 0 Å². The molecule has 0 aliphatic heterocycles. The Labute approximate surface area is 148 Å². The number of sulfone groups is 1. The summed E-state index contributed by atoms with van der Waals surface area (Å²) in [4.78, 5) is 0. The van der Waals surface area contributed by atoms with Crippen molar-refractivity contribution in [1.82, 2.24) is 0 Å². The Balaban J connectivity index is 2.00. The molecule has 0 bridgehead atoms. The molecule has 0 aromatic heterocycles. The number of anilines is 2. The van der Waals surface area contributed by atoms with Gasteiger partial charge < -0.3 is 5.32 Å². The van der Waals surface area contributed by atoms with Crippen LogP contribution in [0, 0.1) is 11.6 Å². The van der Waals surface area contributed by atoms with Crippen molar-refractivity contribution < 1.29 is 17.2 Å². The van der Waals surface area contributed by atoms with Crippen molar-refractivity contribution in [2.24, 2.45) is 0 Å². The summed E-state index contributed by atoms with van der Waals surface area (Å²) in [6.07, 6.45) is 3.21. The van der Waals surface area contributed by atoms with Gasteiger partial charge in [-0.2, -0.15) is 0 Å². The van der Waals surface area contributed by atoms with Gasteiger partial charge in [0.25, 0.3) is 0 Å². The summed E-state index contributed by atoms with van der Waals surface area (Å²) in [6.45, 7) is 0. The number of benzene rings is 2. The number of hydrogen-bond acceptors (Lipinski definition) is 3. The molecule has 2 aromatic carbocycles. The van der Waals surface area contributed by atoms with Crippen molar-refractivity contribution in [1.29, 1.82) is 0 Å². The van der Waals surface area contributed by atoms with E-state index in [1.54, 1.807) is 6.07 Å². The molecule has 1 N–H and O–H groups in total. The van der Waals surface area contributed by atoms with Crippen LogP contribution in [0.25, 0.3) is 0 Å². The summed E-state index contributed by atoms with van der Waals surface area (Å²) in [5, 5.41) is 3.01. The van der Waals surface area contributed by atoms with Gasteiger partial charge in [-0.15, -0.1) is 0 Å². The monoisotopic (exact) mass is 415 g/mol. The van der Waals surface area contributed by atoms with E-state index in [-0.39, 0.29) is 11.4 Å². The van der Waals surface area contributed by atoms with Gasteiger partial charge in [0, 0.05) is 16.8 Å². The predicted molar refractivity (Wildman–Crippen MR) is 94.3 cm³/mol. The van der Waals surface area contributed by atoms with Crippen molar-refractivity contribution in [3.05, 3.63) is 57.6 Å². The second kappa shape index (κ2) is 6.44. The molecule has 128 valence electrons. The van der Waals surface area contributed by atoms with E-state index in [1.807, 2.05) is 6.07 Å². The van der Waals surface area contributed by atoms with Crippen LogP contribution in [-0.2, 0) is 15.6 Å². The number of hydrogen-bond donors (Lipinski definition) is 1. The quantitative estimate of drug-likeness (QED) is 0.755. The van der Waals surface area contributed by atoms with Gasteiger partial charge in [-0.05, 0) is 64.0 Å². The Bertz CT molecular complexity index is 896. The van der Waals surface area contributed by atoms with Crippen LogP contribution >= 0.6 is 15.9 Å². The smallest absolute Gasteiger partial charge is 0.151 e. The second-order valence-electron chi connectivity index (χ2n) is 6.14. The Morgan fingerprint density at radius 3 is 2.50 bits per heavy atom. The first-order valence-corrected chi connectivity index (χ1v) is 10.3. The Kier molecular flexibility index (Phi) is 4.66. The fourth-order valence-electron chi connectivity index (χ4n) is 2.65. The van der Waals surface area contributed by atoms with Crippen LogP contribution in [0.2, 0.25) is 0 Å². The molecule has 0 atom stereocenters. The minimum atomic E-state index is -3.14. The molecule has 1 fully saturated rings. The lowest BCUT2D eigenvalue weighted by Crippen LogP contribution is -2.04. The molecule has 0 radical (unpaired) electrons. The summed E-state index contributed by atoms with van der Waals surface area (Å²) in [5.74, 6) is -1.03. The molecular weight excluding hydrogens is 400 g/mol. The minimum absolute atomic E-state index is 0.0451. The van der Waals surface area contributed by atoms with E-state index < -0.39 is 21.5 Å². The maximum atomic E-state index is 13.9. The molecule has 0 unspecified atom stereocenters. The molecule has 3 nitrogen and oxygen atoms in total. The summed E-state index contributed by atoms with van der Waals surface area (Å²) in [5.41, 5.74) is 2.51. The van der Waals surface area contributed by atoms with Gasteiger partial charge in [-0.25, -0.2) is 17.2 Å². The van der Waals surface area contributed by atoms with Crippen LogP contribution < -0.4 is 5.32 Å². The van der Waals surface area contributed by atoms with E-state index in [0.29, 0.717) is 21.6 Å². The summed E-state index contributed by atoms with van der Waals surface area (Å²) in [7, 11) is -3.14. The molecular formula is C17H16BrF2NO2S. The second-order valence-corrected chi connectivity index (χ2v) is 9.13. The van der Waals surface area contributed by atoms with Gasteiger partial charge in [-0.1, -0.05) is 6.07 Å². The van der Waals surface area contributed by atoms with Gasteiger partial charge in [0.15, 0.2) is 9.84 Å². The zero-order valence-electron chi connectivity index (χ0n) is 12.9. The lowest BCUT2D eigenvalue weighted by atomic mass is 10.0. The first-order valence-electron chi connectivity index (χ1n) is 7.45. The average Bonchev–Trinajstić information content (AvgIpc) is 3.26. The summed E-state index contributed by atoms with van der Waals surface area (Å²) < 4.78 is 50.7. The van der Waals surface area contributed by atoms with Crippen molar-refractivity contribution in [2.45, 2.75) is 24.5 Å². The minimum Gasteiger partial charge on any atom is -0.352 e. The first-order chi connectivity index (χ1) is 11.2. The van der Waals surface area contributed by atoms with Gasteiger partial charge in [0.2, 0.25) is 0 Å². The fourth-order valence-corrected chi connectivity index (χ4v) is 4.04. The van der Waals surface area contributed by atoms with E-state index in [1.165, 1.54) is 18.4 Å². The molecule has 2 aromatic rings. The number of nitrogens with one attached hydrogen (secondary N) is 1. The Hall–Kier alpha value is -1.47. The van der Waals surface area contributed by atoms with Crippen LogP contribution in [0.15, 0.2) is 34.8 Å². The van der Waals surface area contributed by atoms with E-state index in [9.17, 15) is 17.2 Å². The first kappa shape index (κ1) is 17.4. The third-order valence-electron chi connectivity index (χ3n) is 3.82. The molecule has 0 amide bonds. The molecule has 1 aliphatic carbocycles. The lowest BCUT2D eigenvalue weighted by Gasteiger charge is -2.16. The van der Waals surface area contributed by atoms with Gasteiger partial charge in [0.1, 0.15) is 11.6 Å².